The number of rotatable bonds is 2. The van der Waals surface area contributed by atoms with Crippen LogP contribution >= 0.6 is 0 Å². The van der Waals surface area contributed by atoms with E-state index in [0.29, 0.717) is 17.6 Å². The fourth-order valence-electron chi connectivity index (χ4n) is 2.87. The zero-order valence-corrected chi connectivity index (χ0v) is 8.82. The van der Waals surface area contributed by atoms with Crippen molar-refractivity contribution in [3.8, 4) is 0 Å². The van der Waals surface area contributed by atoms with Crippen molar-refractivity contribution >= 4 is 5.78 Å². The third-order valence-corrected chi connectivity index (χ3v) is 3.63. The molecular formula is C12H13FN2O. The molecule has 2 fully saturated rings. The van der Waals surface area contributed by atoms with Gasteiger partial charge in [-0.15, -0.1) is 0 Å². The Morgan fingerprint density at radius 1 is 1.44 bits per heavy atom. The number of fused-ring (bicyclic) bond motifs is 2. The highest BCUT2D eigenvalue weighted by Gasteiger charge is 2.42. The van der Waals surface area contributed by atoms with Crippen molar-refractivity contribution in [2.24, 2.45) is 5.92 Å². The highest BCUT2D eigenvalue weighted by atomic mass is 19.1. The summed E-state index contributed by atoms with van der Waals surface area (Å²) in [6.07, 6.45) is 5.69. The van der Waals surface area contributed by atoms with Gasteiger partial charge in [0, 0.05) is 29.8 Å². The van der Waals surface area contributed by atoms with E-state index in [0.717, 1.165) is 25.5 Å². The number of hydrogen-bond acceptors (Lipinski definition) is 3. The number of pyridine rings is 1. The summed E-state index contributed by atoms with van der Waals surface area (Å²) in [5.74, 6) is -0.393. The molecule has 0 amide bonds. The molecule has 4 heteroatoms. The predicted molar refractivity (Wildman–Crippen MR) is 56.6 cm³/mol. The smallest absolute Gasteiger partial charge is 0.169 e. The number of Topliss-reactive ketones (excluding diaryl/α,β-unsaturated/α-hetero) is 1. The van der Waals surface area contributed by atoms with E-state index in [1.165, 1.54) is 12.3 Å². The number of carbonyl (C=O) groups is 1. The molecule has 0 spiro atoms. The van der Waals surface area contributed by atoms with E-state index in [4.69, 9.17) is 0 Å². The third kappa shape index (κ3) is 1.53. The van der Waals surface area contributed by atoms with Crippen LogP contribution in [0.4, 0.5) is 4.39 Å². The maximum atomic E-state index is 13.0. The lowest BCUT2D eigenvalue weighted by atomic mass is 9.84. The molecule has 16 heavy (non-hydrogen) atoms. The summed E-state index contributed by atoms with van der Waals surface area (Å²) < 4.78 is 13.0. The van der Waals surface area contributed by atoms with Crippen LogP contribution in [0.1, 0.15) is 29.6 Å². The Morgan fingerprint density at radius 3 is 2.94 bits per heavy atom. The van der Waals surface area contributed by atoms with Crippen molar-refractivity contribution in [1.29, 1.82) is 0 Å². The van der Waals surface area contributed by atoms with Crippen LogP contribution in [-0.2, 0) is 0 Å². The average Bonchev–Trinajstić information content (AvgIpc) is 2.89. The number of hydrogen-bond donors (Lipinski definition) is 1. The summed E-state index contributed by atoms with van der Waals surface area (Å²) in [6, 6.07) is 2.06. The minimum absolute atomic E-state index is 0.0161. The van der Waals surface area contributed by atoms with Gasteiger partial charge >= 0.3 is 0 Å². The van der Waals surface area contributed by atoms with E-state index in [1.54, 1.807) is 0 Å². The van der Waals surface area contributed by atoms with E-state index >= 15 is 0 Å². The molecule has 2 bridgehead atoms. The molecule has 0 saturated carbocycles. The van der Waals surface area contributed by atoms with E-state index in [2.05, 4.69) is 10.3 Å². The quantitative estimate of drug-likeness (QED) is 0.769. The zero-order valence-electron chi connectivity index (χ0n) is 8.82. The first-order valence-electron chi connectivity index (χ1n) is 5.65. The second kappa shape index (κ2) is 3.63. The Kier molecular flexibility index (Phi) is 2.24. The fourth-order valence-corrected chi connectivity index (χ4v) is 2.87. The Labute approximate surface area is 93.1 Å². The molecule has 2 aliphatic rings. The topological polar surface area (TPSA) is 42.0 Å². The highest BCUT2D eigenvalue weighted by Crippen LogP contribution is 2.35. The van der Waals surface area contributed by atoms with Crippen molar-refractivity contribution in [2.75, 3.05) is 0 Å². The van der Waals surface area contributed by atoms with Gasteiger partial charge in [-0.3, -0.25) is 9.78 Å². The van der Waals surface area contributed by atoms with Crippen LogP contribution in [0.3, 0.4) is 0 Å². The van der Waals surface area contributed by atoms with Crippen molar-refractivity contribution in [1.82, 2.24) is 10.3 Å². The third-order valence-electron chi connectivity index (χ3n) is 3.63. The average molecular weight is 220 g/mol. The molecule has 1 N–H and O–H groups in total. The molecule has 84 valence electrons. The van der Waals surface area contributed by atoms with Crippen LogP contribution in [0.25, 0.3) is 0 Å². The van der Waals surface area contributed by atoms with Gasteiger partial charge < -0.3 is 5.32 Å². The van der Waals surface area contributed by atoms with E-state index in [9.17, 15) is 9.18 Å². The molecule has 1 aromatic heterocycles. The number of nitrogens with one attached hydrogen (secondary N) is 1. The van der Waals surface area contributed by atoms with Crippen LogP contribution in [-0.4, -0.2) is 22.9 Å². The van der Waals surface area contributed by atoms with E-state index < -0.39 is 5.82 Å². The Balaban J connectivity index is 1.83. The van der Waals surface area contributed by atoms with Crippen molar-refractivity contribution < 1.29 is 9.18 Å². The predicted octanol–water partition coefficient (Wildman–Crippen LogP) is 1.54. The van der Waals surface area contributed by atoms with Gasteiger partial charge in [0.05, 0.1) is 6.20 Å². The lowest BCUT2D eigenvalue weighted by Gasteiger charge is -2.18. The molecule has 2 aliphatic heterocycles. The highest BCUT2D eigenvalue weighted by molar-refractivity contribution is 5.98. The Hall–Kier alpha value is -1.29. The largest absolute Gasteiger partial charge is 0.310 e. The normalized spacial score (nSPS) is 31.9. The maximum Gasteiger partial charge on any atom is 0.169 e. The Bertz CT molecular complexity index is 435. The molecule has 0 radical (unpaired) electrons. The summed E-state index contributed by atoms with van der Waals surface area (Å²) >= 11 is 0. The minimum atomic E-state index is -0.443. The van der Waals surface area contributed by atoms with Gasteiger partial charge in [-0.25, -0.2) is 4.39 Å². The van der Waals surface area contributed by atoms with Crippen LogP contribution in [0.15, 0.2) is 18.5 Å². The first-order valence-corrected chi connectivity index (χ1v) is 5.65. The second-order valence-electron chi connectivity index (χ2n) is 4.65. The molecule has 3 unspecified atom stereocenters. The second-order valence-corrected chi connectivity index (χ2v) is 4.65. The van der Waals surface area contributed by atoms with Crippen molar-refractivity contribution in [2.45, 2.75) is 31.3 Å². The lowest BCUT2D eigenvalue weighted by molar-refractivity contribution is 0.0900. The standard InChI is InChI=1S/C12H13FN2O/c13-8-3-7(5-14-6-8)12(16)10-4-9-1-2-11(10)15-9/h3,5-6,9-11,15H,1-2,4H2. The molecule has 0 aliphatic carbocycles. The summed E-state index contributed by atoms with van der Waals surface area (Å²) in [6.45, 7) is 0. The molecule has 0 aromatic carbocycles. The summed E-state index contributed by atoms with van der Waals surface area (Å²) in [7, 11) is 0. The lowest BCUT2D eigenvalue weighted by Crippen LogP contribution is -2.28. The number of ketones is 1. The van der Waals surface area contributed by atoms with Gasteiger partial charge in [0.25, 0.3) is 0 Å². The first kappa shape index (κ1) is 9.90. The molecule has 3 rings (SSSR count). The van der Waals surface area contributed by atoms with Crippen molar-refractivity contribution in [3.63, 3.8) is 0 Å². The SMILES string of the molecule is O=C(c1cncc(F)c1)C1CC2CCC1N2. The zero-order chi connectivity index (χ0) is 11.1. The number of carbonyl (C=O) groups excluding carboxylic acids is 1. The van der Waals surface area contributed by atoms with Gasteiger partial charge in [0.1, 0.15) is 5.82 Å². The molecule has 2 saturated heterocycles. The van der Waals surface area contributed by atoms with Gasteiger partial charge in [-0.05, 0) is 25.3 Å². The maximum absolute atomic E-state index is 13.0. The molecule has 3 heterocycles. The van der Waals surface area contributed by atoms with E-state index in [1.807, 2.05) is 0 Å². The van der Waals surface area contributed by atoms with Crippen LogP contribution < -0.4 is 5.32 Å². The van der Waals surface area contributed by atoms with Crippen LogP contribution in [0.5, 0.6) is 0 Å². The van der Waals surface area contributed by atoms with Crippen LogP contribution in [0.2, 0.25) is 0 Å². The molecule has 1 aromatic rings. The molecular weight excluding hydrogens is 207 g/mol. The van der Waals surface area contributed by atoms with Crippen molar-refractivity contribution in [3.05, 3.63) is 29.8 Å². The summed E-state index contributed by atoms with van der Waals surface area (Å²) in [4.78, 5) is 15.9. The molecule has 3 atom stereocenters. The van der Waals surface area contributed by atoms with Gasteiger partial charge in [-0.1, -0.05) is 0 Å². The number of nitrogens with zero attached hydrogens (tertiary/aromatic N) is 1. The van der Waals surface area contributed by atoms with E-state index in [-0.39, 0.29) is 11.7 Å². The number of aromatic nitrogens is 1. The number of halogens is 1. The van der Waals surface area contributed by atoms with Crippen LogP contribution in [0, 0.1) is 11.7 Å². The molecule has 3 nitrogen and oxygen atoms in total. The summed E-state index contributed by atoms with van der Waals surface area (Å²) in [5.41, 5.74) is 0.402. The van der Waals surface area contributed by atoms with Gasteiger partial charge in [0.2, 0.25) is 0 Å². The van der Waals surface area contributed by atoms with Gasteiger partial charge in [0.15, 0.2) is 5.78 Å². The summed E-state index contributed by atoms with van der Waals surface area (Å²) in [5, 5.41) is 3.41. The fraction of sp³-hybridized carbons (Fsp3) is 0.500. The minimum Gasteiger partial charge on any atom is -0.310 e. The monoisotopic (exact) mass is 220 g/mol. The van der Waals surface area contributed by atoms with Gasteiger partial charge in [-0.2, -0.15) is 0 Å². The first-order chi connectivity index (χ1) is 7.74. The Morgan fingerprint density at radius 2 is 2.31 bits per heavy atom.